The molecule has 0 N–H and O–H groups in total. The Bertz CT molecular complexity index is 908. The number of fused-ring (bicyclic) bond motifs is 1. The van der Waals surface area contributed by atoms with Gasteiger partial charge in [0.05, 0.1) is 17.6 Å². The lowest BCUT2D eigenvalue weighted by Crippen LogP contribution is -2.10. The van der Waals surface area contributed by atoms with Crippen molar-refractivity contribution in [3.05, 3.63) is 71.0 Å². The van der Waals surface area contributed by atoms with E-state index in [0.29, 0.717) is 28.3 Å². The van der Waals surface area contributed by atoms with Gasteiger partial charge in [0.2, 0.25) is 5.90 Å². The fourth-order valence-corrected chi connectivity index (χ4v) is 2.29. The van der Waals surface area contributed by atoms with E-state index in [1.54, 1.807) is 54.9 Å². The number of benzene rings is 2. The Labute approximate surface area is 144 Å². The minimum absolute atomic E-state index is 0.262. The van der Waals surface area contributed by atoms with Gasteiger partial charge in [0.15, 0.2) is 0 Å². The third kappa shape index (κ3) is 3.58. The molecular weight excluding hydrogens is 326 g/mol. The van der Waals surface area contributed by atoms with Crippen molar-refractivity contribution in [2.75, 3.05) is 6.61 Å². The number of halogens is 1. The first-order valence-corrected chi connectivity index (χ1v) is 7.77. The van der Waals surface area contributed by atoms with Crippen molar-refractivity contribution < 1.29 is 9.53 Å². The van der Waals surface area contributed by atoms with Crippen molar-refractivity contribution in [3.8, 4) is 0 Å². The Hall–Kier alpha value is -2.79. The number of aliphatic imine (C=N–C) groups is 1. The van der Waals surface area contributed by atoms with Gasteiger partial charge in [-0.25, -0.2) is 0 Å². The second kappa shape index (κ2) is 7.19. The molecule has 3 aromatic rings. The van der Waals surface area contributed by atoms with Crippen molar-refractivity contribution in [3.63, 3.8) is 0 Å². The van der Waals surface area contributed by atoms with Crippen LogP contribution in [-0.2, 0) is 4.74 Å². The topological polar surface area (TPSA) is 64.4 Å². The summed E-state index contributed by atoms with van der Waals surface area (Å²) in [5.41, 5.74) is 2.48. The molecule has 1 amide bonds. The fraction of sp³-hybridized carbons (Fsp3) is 0.111. The predicted molar refractivity (Wildman–Crippen MR) is 93.5 cm³/mol. The van der Waals surface area contributed by atoms with Gasteiger partial charge in [-0.05, 0) is 49.4 Å². The monoisotopic (exact) mass is 339 g/mol. The Morgan fingerprint density at radius 3 is 2.42 bits per heavy atom. The Morgan fingerprint density at radius 1 is 1.04 bits per heavy atom. The van der Waals surface area contributed by atoms with E-state index in [1.165, 1.54) is 0 Å². The van der Waals surface area contributed by atoms with Gasteiger partial charge in [0.1, 0.15) is 0 Å². The normalized spacial score (nSPS) is 11.5. The van der Waals surface area contributed by atoms with E-state index in [-0.39, 0.29) is 5.90 Å². The van der Waals surface area contributed by atoms with Crippen LogP contribution in [0.4, 0.5) is 0 Å². The van der Waals surface area contributed by atoms with Gasteiger partial charge >= 0.3 is 0 Å². The van der Waals surface area contributed by atoms with Crippen LogP contribution >= 0.6 is 11.6 Å². The van der Waals surface area contributed by atoms with Crippen LogP contribution in [0, 0.1) is 0 Å². The molecular formula is C18H14ClN3O2. The van der Waals surface area contributed by atoms with Crippen LogP contribution in [0.3, 0.4) is 0 Å². The molecule has 0 radical (unpaired) electrons. The van der Waals surface area contributed by atoms with Gasteiger partial charge in [0, 0.05) is 28.5 Å². The van der Waals surface area contributed by atoms with Gasteiger partial charge in [-0.1, -0.05) is 11.6 Å². The number of hydrogen-bond acceptors (Lipinski definition) is 4. The lowest BCUT2D eigenvalue weighted by Gasteiger charge is -2.07. The highest BCUT2D eigenvalue weighted by atomic mass is 35.5. The Morgan fingerprint density at radius 2 is 1.71 bits per heavy atom. The molecule has 0 unspecified atom stereocenters. The van der Waals surface area contributed by atoms with Gasteiger partial charge in [-0.15, -0.1) is 0 Å². The maximum absolute atomic E-state index is 12.5. The first-order valence-electron chi connectivity index (χ1n) is 7.40. The standard InChI is InChI=1S/C18H14ClN3O2/c1-2-24-18(12-3-6-14(19)7-4-12)22-17(23)13-5-8-15-16(11-13)21-10-9-20-15/h3-11H,2H2,1H3. The van der Waals surface area contributed by atoms with Crippen LogP contribution in [0.15, 0.2) is 59.9 Å². The van der Waals surface area contributed by atoms with Gasteiger partial charge < -0.3 is 4.74 Å². The second-order valence-electron chi connectivity index (χ2n) is 4.92. The van der Waals surface area contributed by atoms with Crippen LogP contribution in [0.1, 0.15) is 22.8 Å². The molecule has 2 aromatic carbocycles. The van der Waals surface area contributed by atoms with Crippen LogP contribution in [0.2, 0.25) is 5.02 Å². The molecule has 5 nitrogen and oxygen atoms in total. The van der Waals surface area contributed by atoms with Crippen LogP contribution < -0.4 is 0 Å². The lowest BCUT2D eigenvalue weighted by atomic mass is 10.2. The number of hydrogen-bond donors (Lipinski definition) is 0. The first-order chi connectivity index (χ1) is 11.7. The predicted octanol–water partition coefficient (Wildman–Crippen LogP) is 3.91. The van der Waals surface area contributed by atoms with E-state index in [4.69, 9.17) is 16.3 Å². The third-order valence-electron chi connectivity index (χ3n) is 3.29. The summed E-state index contributed by atoms with van der Waals surface area (Å²) in [6.07, 6.45) is 3.19. The molecule has 0 aliphatic heterocycles. The number of aromatic nitrogens is 2. The zero-order valence-corrected chi connectivity index (χ0v) is 13.7. The van der Waals surface area contributed by atoms with Crippen molar-refractivity contribution in [2.45, 2.75) is 6.92 Å². The highest BCUT2D eigenvalue weighted by molar-refractivity contribution is 6.30. The molecule has 0 bridgehead atoms. The minimum Gasteiger partial charge on any atom is -0.477 e. The van der Waals surface area contributed by atoms with Crippen LogP contribution in [-0.4, -0.2) is 28.4 Å². The lowest BCUT2D eigenvalue weighted by molar-refractivity contribution is 0.0999. The smallest absolute Gasteiger partial charge is 0.280 e. The highest BCUT2D eigenvalue weighted by Crippen LogP contribution is 2.14. The Balaban J connectivity index is 1.95. The number of amides is 1. The summed E-state index contributed by atoms with van der Waals surface area (Å²) in [5.74, 6) is -0.139. The molecule has 6 heteroatoms. The fourth-order valence-electron chi connectivity index (χ4n) is 2.16. The summed E-state index contributed by atoms with van der Waals surface area (Å²) < 4.78 is 5.51. The minimum atomic E-state index is -0.402. The Kier molecular flexibility index (Phi) is 4.82. The van der Waals surface area contributed by atoms with E-state index in [1.807, 2.05) is 6.92 Å². The molecule has 0 aliphatic rings. The molecule has 0 fully saturated rings. The van der Waals surface area contributed by atoms with Crippen molar-refractivity contribution >= 4 is 34.4 Å². The molecule has 0 aliphatic carbocycles. The molecule has 0 atom stereocenters. The van der Waals surface area contributed by atoms with Gasteiger partial charge in [-0.3, -0.25) is 14.8 Å². The SMILES string of the molecule is CCOC(=NC(=O)c1ccc2nccnc2c1)c1ccc(Cl)cc1. The summed E-state index contributed by atoms with van der Waals surface area (Å²) in [7, 11) is 0. The maximum Gasteiger partial charge on any atom is 0.280 e. The van der Waals surface area contributed by atoms with Gasteiger partial charge in [0.25, 0.3) is 5.91 Å². The summed E-state index contributed by atoms with van der Waals surface area (Å²) in [4.78, 5) is 25.0. The first kappa shape index (κ1) is 16.1. The molecule has 1 aromatic heterocycles. The number of rotatable bonds is 3. The van der Waals surface area contributed by atoms with E-state index < -0.39 is 5.91 Å². The molecule has 0 saturated carbocycles. The zero-order valence-electron chi connectivity index (χ0n) is 12.9. The molecule has 3 rings (SSSR count). The molecule has 1 heterocycles. The summed E-state index contributed by atoms with van der Waals surface area (Å²) in [5, 5.41) is 0.606. The van der Waals surface area contributed by atoms with E-state index >= 15 is 0 Å². The molecule has 0 spiro atoms. The average molecular weight is 340 g/mol. The quantitative estimate of drug-likeness (QED) is 0.536. The second-order valence-corrected chi connectivity index (χ2v) is 5.36. The summed E-state index contributed by atoms with van der Waals surface area (Å²) in [6, 6.07) is 12.1. The van der Waals surface area contributed by atoms with Crippen LogP contribution in [0.25, 0.3) is 11.0 Å². The summed E-state index contributed by atoms with van der Waals surface area (Å²) >= 11 is 5.89. The largest absolute Gasteiger partial charge is 0.477 e. The number of nitrogens with zero attached hydrogens (tertiary/aromatic N) is 3. The number of carbonyl (C=O) groups excluding carboxylic acids is 1. The van der Waals surface area contributed by atoms with Crippen molar-refractivity contribution in [1.29, 1.82) is 0 Å². The highest BCUT2D eigenvalue weighted by Gasteiger charge is 2.11. The zero-order chi connectivity index (χ0) is 16.9. The molecule has 0 saturated heterocycles. The molecule has 120 valence electrons. The number of ether oxygens (including phenoxy) is 1. The van der Waals surface area contributed by atoms with Crippen LogP contribution in [0.5, 0.6) is 0 Å². The average Bonchev–Trinajstić information content (AvgIpc) is 2.61. The van der Waals surface area contributed by atoms with Gasteiger partial charge in [-0.2, -0.15) is 4.99 Å². The summed E-state index contributed by atoms with van der Waals surface area (Å²) in [6.45, 7) is 2.24. The number of carbonyl (C=O) groups is 1. The van der Waals surface area contributed by atoms with E-state index in [0.717, 1.165) is 5.52 Å². The third-order valence-corrected chi connectivity index (χ3v) is 3.54. The maximum atomic E-state index is 12.5. The van der Waals surface area contributed by atoms with Crippen molar-refractivity contribution in [1.82, 2.24) is 9.97 Å². The molecule has 24 heavy (non-hydrogen) atoms. The van der Waals surface area contributed by atoms with E-state index in [2.05, 4.69) is 15.0 Å². The van der Waals surface area contributed by atoms with Crippen molar-refractivity contribution in [2.24, 2.45) is 4.99 Å². The van der Waals surface area contributed by atoms with E-state index in [9.17, 15) is 4.79 Å².